The lowest BCUT2D eigenvalue weighted by Gasteiger charge is -2.20. The third-order valence-electron chi connectivity index (χ3n) is 4.71. The number of sulfonamides is 1. The van der Waals surface area contributed by atoms with Gasteiger partial charge >= 0.3 is 0 Å². The highest BCUT2D eigenvalue weighted by atomic mass is 32.2. The lowest BCUT2D eigenvalue weighted by Crippen LogP contribution is -2.22. The summed E-state index contributed by atoms with van der Waals surface area (Å²) in [6.07, 6.45) is 4.87. The Hall–Kier alpha value is -2.01. The number of fused-ring (bicyclic) bond motifs is 1. The molecule has 1 aliphatic carbocycles. The minimum atomic E-state index is -3.30. The first-order chi connectivity index (χ1) is 12.0. The van der Waals surface area contributed by atoms with Crippen LogP contribution >= 0.6 is 0 Å². The average molecular weight is 359 g/mol. The lowest BCUT2D eigenvalue weighted by molar-refractivity contribution is 0.593. The van der Waals surface area contributed by atoms with E-state index < -0.39 is 15.3 Å². The fourth-order valence-corrected chi connectivity index (χ4v) is 3.82. The molecule has 2 N–H and O–H groups in total. The predicted molar refractivity (Wildman–Crippen MR) is 105 cm³/mol. The van der Waals surface area contributed by atoms with Crippen molar-refractivity contribution in [1.29, 1.82) is 0 Å². The second-order valence-corrected chi connectivity index (χ2v) is 9.13. The van der Waals surface area contributed by atoms with Crippen molar-refractivity contribution in [2.24, 2.45) is 0 Å². The number of aryl methyl sites for hydroxylation is 1. The summed E-state index contributed by atoms with van der Waals surface area (Å²) in [5.41, 5.74) is 5.88. The van der Waals surface area contributed by atoms with E-state index in [1.54, 1.807) is 13.8 Å². The molecule has 0 saturated carbocycles. The molecule has 0 atom stereocenters. The first kappa shape index (κ1) is 17.8. The Balaban J connectivity index is 1.65. The minimum Gasteiger partial charge on any atom is -0.381 e. The molecule has 0 radical (unpaired) electrons. The Morgan fingerprint density at radius 3 is 2.44 bits per heavy atom. The molecule has 0 saturated heterocycles. The molecule has 0 aliphatic heterocycles. The van der Waals surface area contributed by atoms with Crippen LogP contribution in [0.15, 0.2) is 42.5 Å². The molecule has 0 amide bonds. The molecule has 4 nitrogen and oxygen atoms in total. The highest BCUT2D eigenvalue weighted by Gasteiger charge is 2.15. The Labute approximate surface area is 150 Å². The number of benzene rings is 2. The van der Waals surface area contributed by atoms with Gasteiger partial charge in [-0.15, -0.1) is 0 Å². The monoisotopic (exact) mass is 358 g/mol. The molecule has 0 spiro atoms. The Bertz CT molecular complexity index is 827. The topological polar surface area (TPSA) is 58.2 Å². The minimum absolute atomic E-state index is 0.446. The smallest absolute Gasteiger partial charge is 0.235 e. The fraction of sp³-hybridized carbons (Fsp3) is 0.400. The van der Waals surface area contributed by atoms with Crippen molar-refractivity contribution >= 4 is 21.4 Å². The molecule has 0 aromatic heterocycles. The fourth-order valence-electron chi connectivity index (χ4n) is 3.12. The van der Waals surface area contributed by atoms with Crippen LogP contribution in [-0.2, 0) is 29.4 Å². The van der Waals surface area contributed by atoms with Crippen molar-refractivity contribution in [3.63, 3.8) is 0 Å². The standard InChI is InChI=1S/C20H26N2O2S/c1-15(2)25(23,24)22-18-12-10-16(11-13-18)14-21-20-9-5-7-17-6-3-4-8-19(17)20/h5,7,9-13,15,21-22H,3-4,6,8,14H2,1-2H3. The quantitative estimate of drug-likeness (QED) is 0.808. The van der Waals surface area contributed by atoms with Crippen molar-refractivity contribution < 1.29 is 8.42 Å². The summed E-state index contributed by atoms with van der Waals surface area (Å²) < 4.78 is 26.4. The van der Waals surface area contributed by atoms with Gasteiger partial charge in [-0.3, -0.25) is 4.72 Å². The van der Waals surface area contributed by atoms with Gasteiger partial charge in [0.1, 0.15) is 0 Å². The summed E-state index contributed by atoms with van der Waals surface area (Å²) in [5, 5.41) is 3.09. The van der Waals surface area contributed by atoms with Gasteiger partial charge in [-0.2, -0.15) is 0 Å². The second kappa shape index (κ2) is 7.48. The van der Waals surface area contributed by atoms with E-state index in [9.17, 15) is 8.42 Å². The first-order valence-corrected chi connectivity index (χ1v) is 10.5. The summed E-state index contributed by atoms with van der Waals surface area (Å²) >= 11 is 0. The first-order valence-electron chi connectivity index (χ1n) is 8.91. The SMILES string of the molecule is CC(C)S(=O)(=O)Nc1ccc(CNc2cccc3c2CCCC3)cc1. The van der Waals surface area contributed by atoms with E-state index in [1.165, 1.54) is 36.1 Å². The van der Waals surface area contributed by atoms with E-state index in [-0.39, 0.29) is 0 Å². The maximum atomic E-state index is 11.9. The lowest BCUT2D eigenvalue weighted by atomic mass is 9.90. The molecular weight excluding hydrogens is 332 g/mol. The molecule has 5 heteroatoms. The van der Waals surface area contributed by atoms with Crippen molar-refractivity contribution in [3.05, 3.63) is 59.2 Å². The number of nitrogens with one attached hydrogen (secondary N) is 2. The van der Waals surface area contributed by atoms with E-state index in [0.717, 1.165) is 18.5 Å². The number of anilines is 2. The van der Waals surface area contributed by atoms with Crippen LogP contribution in [0.4, 0.5) is 11.4 Å². The summed E-state index contributed by atoms with van der Waals surface area (Å²) in [6, 6.07) is 14.1. The van der Waals surface area contributed by atoms with Crippen LogP contribution in [0.5, 0.6) is 0 Å². The van der Waals surface area contributed by atoms with Gasteiger partial charge in [-0.05, 0) is 74.4 Å². The molecule has 2 aromatic carbocycles. The van der Waals surface area contributed by atoms with Gasteiger partial charge in [0.05, 0.1) is 5.25 Å². The van der Waals surface area contributed by atoms with Crippen molar-refractivity contribution in [1.82, 2.24) is 0 Å². The zero-order chi connectivity index (χ0) is 17.9. The van der Waals surface area contributed by atoms with Gasteiger partial charge < -0.3 is 5.32 Å². The van der Waals surface area contributed by atoms with Crippen LogP contribution in [0.2, 0.25) is 0 Å². The number of rotatable bonds is 6. The Morgan fingerprint density at radius 1 is 1.00 bits per heavy atom. The zero-order valence-electron chi connectivity index (χ0n) is 14.9. The number of hydrogen-bond donors (Lipinski definition) is 2. The molecule has 3 rings (SSSR count). The maximum Gasteiger partial charge on any atom is 0.235 e. The van der Waals surface area contributed by atoms with Gasteiger partial charge in [-0.1, -0.05) is 24.3 Å². The van der Waals surface area contributed by atoms with Crippen LogP contribution in [-0.4, -0.2) is 13.7 Å². The second-order valence-electron chi connectivity index (χ2n) is 6.90. The molecule has 0 bridgehead atoms. The summed E-state index contributed by atoms with van der Waals surface area (Å²) in [7, 11) is -3.30. The van der Waals surface area contributed by atoms with E-state index >= 15 is 0 Å². The summed E-state index contributed by atoms with van der Waals surface area (Å²) in [5.74, 6) is 0. The van der Waals surface area contributed by atoms with Crippen molar-refractivity contribution in [3.8, 4) is 0 Å². The molecule has 0 unspecified atom stereocenters. The predicted octanol–water partition coefficient (Wildman–Crippen LogP) is 4.33. The molecule has 2 aromatic rings. The van der Waals surface area contributed by atoms with Crippen LogP contribution in [0, 0.1) is 0 Å². The molecule has 0 heterocycles. The van der Waals surface area contributed by atoms with Gasteiger partial charge in [0.15, 0.2) is 0 Å². The molecule has 1 aliphatic rings. The third kappa shape index (κ3) is 4.34. The van der Waals surface area contributed by atoms with Gasteiger partial charge in [0, 0.05) is 17.9 Å². The van der Waals surface area contributed by atoms with Gasteiger partial charge in [-0.25, -0.2) is 8.42 Å². The van der Waals surface area contributed by atoms with E-state index in [2.05, 4.69) is 28.2 Å². The average Bonchev–Trinajstić information content (AvgIpc) is 2.60. The summed E-state index contributed by atoms with van der Waals surface area (Å²) in [6.45, 7) is 4.07. The summed E-state index contributed by atoms with van der Waals surface area (Å²) in [4.78, 5) is 0. The highest BCUT2D eigenvalue weighted by molar-refractivity contribution is 7.93. The Kier molecular flexibility index (Phi) is 5.33. The van der Waals surface area contributed by atoms with E-state index in [4.69, 9.17) is 0 Å². The highest BCUT2D eigenvalue weighted by Crippen LogP contribution is 2.28. The van der Waals surface area contributed by atoms with E-state index in [1.807, 2.05) is 24.3 Å². The van der Waals surface area contributed by atoms with E-state index in [0.29, 0.717) is 5.69 Å². The van der Waals surface area contributed by atoms with Crippen LogP contribution in [0.1, 0.15) is 43.4 Å². The number of hydrogen-bond acceptors (Lipinski definition) is 3. The normalized spacial score (nSPS) is 14.2. The molecule has 0 fully saturated rings. The zero-order valence-corrected chi connectivity index (χ0v) is 15.7. The Morgan fingerprint density at radius 2 is 1.72 bits per heavy atom. The largest absolute Gasteiger partial charge is 0.381 e. The van der Waals surface area contributed by atoms with Crippen molar-refractivity contribution in [2.75, 3.05) is 10.0 Å². The van der Waals surface area contributed by atoms with Crippen LogP contribution in [0.25, 0.3) is 0 Å². The molecular formula is C20H26N2O2S. The third-order valence-corrected chi connectivity index (χ3v) is 6.47. The maximum absolute atomic E-state index is 11.9. The molecule has 25 heavy (non-hydrogen) atoms. The van der Waals surface area contributed by atoms with Gasteiger partial charge in [0.25, 0.3) is 0 Å². The van der Waals surface area contributed by atoms with Crippen LogP contribution < -0.4 is 10.0 Å². The van der Waals surface area contributed by atoms with Crippen molar-refractivity contribution in [2.45, 2.75) is 51.3 Å². The van der Waals surface area contributed by atoms with Crippen LogP contribution in [0.3, 0.4) is 0 Å². The van der Waals surface area contributed by atoms with Gasteiger partial charge in [0.2, 0.25) is 10.0 Å². The molecule has 134 valence electrons.